The minimum absolute atomic E-state index is 0.142. The minimum Gasteiger partial charge on any atom is -0.504 e. The van der Waals surface area contributed by atoms with Gasteiger partial charge >= 0.3 is 0 Å². The van der Waals surface area contributed by atoms with Gasteiger partial charge in [-0.25, -0.2) is 0 Å². The van der Waals surface area contributed by atoms with Crippen LogP contribution in [0.3, 0.4) is 0 Å². The van der Waals surface area contributed by atoms with Gasteiger partial charge in [0.15, 0.2) is 11.5 Å². The van der Waals surface area contributed by atoms with E-state index in [2.05, 4.69) is 4.99 Å². The van der Waals surface area contributed by atoms with Crippen molar-refractivity contribution in [2.75, 3.05) is 13.1 Å². The molecule has 0 bridgehead atoms. The molecule has 0 aliphatic carbocycles. The lowest BCUT2D eigenvalue weighted by Gasteiger charge is -1.99. The Morgan fingerprint density at radius 3 is 2.85 bits per heavy atom. The van der Waals surface area contributed by atoms with Gasteiger partial charge in [0.05, 0.1) is 6.54 Å². The molecule has 0 aliphatic heterocycles. The van der Waals surface area contributed by atoms with Crippen LogP contribution in [-0.4, -0.2) is 29.5 Å². The van der Waals surface area contributed by atoms with Crippen molar-refractivity contribution in [1.82, 2.24) is 0 Å². The largest absolute Gasteiger partial charge is 0.504 e. The molecule has 4 nitrogen and oxygen atoms in total. The van der Waals surface area contributed by atoms with Crippen LogP contribution in [-0.2, 0) is 0 Å². The van der Waals surface area contributed by atoms with Gasteiger partial charge in [0, 0.05) is 18.3 Å². The first-order valence-electron chi connectivity index (χ1n) is 3.96. The van der Waals surface area contributed by atoms with Crippen LogP contribution >= 0.6 is 0 Å². The molecule has 0 unspecified atom stereocenters. The molecule has 0 radical (unpaired) electrons. The zero-order chi connectivity index (χ0) is 9.68. The number of nitrogens with two attached hydrogens (primary N) is 1. The number of phenolic OH excluding ortho intramolecular Hbond substituents is 2. The molecule has 70 valence electrons. The van der Waals surface area contributed by atoms with E-state index in [4.69, 9.17) is 10.8 Å². The number of rotatable bonds is 3. The number of para-hydroxylation sites is 1. The molecule has 0 fully saturated rings. The fourth-order valence-corrected chi connectivity index (χ4v) is 0.890. The van der Waals surface area contributed by atoms with E-state index in [0.717, 1.165) is 0 Å². The van der Waals surface area contributed by atoms with Crippen LogP contribution < -0.4 is 5.73 Å². The van der Waals surface area contributed by atoms with Gasteiger partial charge in [-0.15, -0.1) is 0 Å². The molecule has 0 aromatic heterocycles. The Morgan fingerprint density at radius 1 is 1.38 bits per heavy atom. The third kappa shape index (κ3) is 2.45. The summed E-state index contributed by atoms with van der Waals surface area (Å²) in [5.41, 5.74) is 5.73. The molecule has 13 heavy (non-hydrogen) atoms. The van der Waals surface area contributed by atoms with Gasteiger partial charge < -0.3 is 15.9 Å². The van der Waals surface area contributed by atoms with Crippen LogP contribution in [0.5, 0.6) is 11.5 Å². The van der Waals surface area contributed by atoms with E-state index in [0.29, 0.717) is 18.7 Å². The summed E-state index contributed by atoms with van der Waals surface area (Å²) in [4.78, 5) is 3.94. The zero-order valence-corrected chi connectivity index (χ0v) is 7.14. The molecule has 1 rings (SSSR count). The first kappa shape index (κ1) is 9.54. The Bertz CT molecular complexity index is 310. The number of nitrogens with zero attached hydrogens (tertiary/aromatic N) is 1. The quantitative estimate of drug-likeness (QED) is 0.467. The summed E-state index contributed by atoms with van der Waals surface area (Å²) in [6.07, 6.45) is 1.49. The highest BCUT2D eigenvalue weighted by Gasteiger charge is 2.01. The van der Waals surface area contributed by atoms with Gasteiger partial charge in [-0.3, -0.25) is 4.99 Å². The van der Waals surface area contributed by atoms with Gasteiger partial charge in [-0.2, -0.15) is 0 Å². The smallest absolute Gasteiger partial charge is 0.166 e. The normalized spacial score (nSPS) is 10.8. The summed E-state index contributed by atoms with van der Waals surface area (Å²) in [5, 5.41) is 18.4. The van der Waals surface area contributed by atoms with Crippen LogP contribution in [0.25, 0.3) is 0 Å². The van der Waals surface area contributed by atoms with Crippen LogP contribution in [0.15, 0.2) is 23.2 Å². The average molecular weight is 180 g/mol. The van der Waals surface area contributed by atoms with Crippen LogP contribution in [0.1, 0.15) is 5.56 Å². The maximum atomic E-state index is 9.32. The average Bonchev–Trinajstić information content (AvgIpc) is 2.13. The second-order valence-electron chi connectivity index (χ2n) is 2.54. The van der Waals surface area contributed by atoms with Crippen molar-refractivity contribution in [3.05, 3.63) is 23.8 Å². The van der Waals surface area contributed by atoms with E-state index in [-0.39, 0.29) is 11.5 Å². The summed E-state index contributed by atoms with van der Waals surface area (Å²) in [6, 6.07) is 4.71. The first-order chi connectivity index (χ1) is 6.25. The van der Waals surface area contributed by atoms with Gasteiger partial charge in [-0.05, 0) is 12.1 Å². The van der Waals surface area contributed by atoms with Gasteiger partial charge in [-0.1, -0.05) is 6.07 Å². The Labute approximate surface area is 76.3 Å². The standard InChI is InChI=1S/C9H12N2O2/c10-4-5-11-6-7-2-1-3-8(12)9(7)13/h1-3,6,12-13H,4-5,10H2. The third-order valence-electron chi connectivity index (χ3n) is 1.53. The monoisotopic (exact) mass is 180 g/mol. The number of aliphatic imine (C=N–C) groups is 1. The molecule has 0 saturated heterocycles. The molecular weight excluding hydrogens is 168 g/mol. The van der Waals surface area contributed by atoms with E-state index in [1.54, 1.807) is 12.1 Å². The Kier molecular flexibility index (Phi) is 3.28. The molecule has 0 saturated carbocycles. The lowest BCUT2D eigenvalue weighted by molar-refractivity contribution is 0.403. The molecule has 4 heteroatoms. The highest BCUT2D eigenvalue weighted by molar-refractivity contribution is 5.84. The summed E-state index contributed by atoms with van der Waals surface area (Å²) in [5.74, 6) is -0.292. The topological polar surface area (TPSA) is 78.8 Å². The van der Waals surface area contributed by atoms with E-state index in [1.165, 1.54) is 12.3 Å². The number of phenols is 2. The van der Waals surface area contributed by atoms with Crippen LogP contribution in [0, 0.1) is 0 Å². The summed E-state index contributed by atoms with van der Waals surface area (Å²) >= 11 is 0. The van der Waals surface area contributed by atoms with Crippen molar-refractivity contribution < 1.29 is 10.2 Å². The van der Waals surface area contributed by atoms with Crippen molar-refractivity contribution in [2.24, 2.45) is 10.7 Å². The van der Waals surface area contributed by atoms with E-state index in [1.807, 2.05) is 0 Å². The molecule has 0 aliphatic rings. The SMILES string of the molecule is NCCN=Cc1cccc(O)c1O. The minimum atomic E-state index is -0.150. The van der Waals surface area contributed by atoms with Crippen LogP contribution in [0.2, 0.25) is 0 Å². The number of benzene rings is 1. The summed E-state index contributed by atoms with van der Waals surface area (Å²) in [7, 11) is 0. The molecule has 0 spiro atoms. The Balaban J connectivity index is 2.83. The van der Waals surface area contributed by atoms with Gasteiger partial charge in [0.25, 0.3) is 0 Å². The molecule has 0 atom stereocenters. The predicted molar refractivity (Wildman–Crippen MR) is 51.3 cm³/mol. The maximum Gasteiger partial charge on any atom is 0.166 e. The van der Waals surface area contributed by atoms with Gasteiger partial charge in [0.1, 0.15) is 0 Å². The van der Waals surface area contributed by atoms with Crippen molar-refractivity contribution in [1.29, 1.82) is 0 Å². The van der Waals surface area contributed by atoms with Crippen molar-refractivity contribution >= 4 is 6.21 Å². The first-order valence-corrected chi connectivity index (χ1v) is 3.96. The lowest BCUT2D eigenvalue weighted by atomic mass is 10.2. The van der Waals surface area contributed by atoms with E-state index < -0.39 is 0 Å². The fourth-order valence-electron chi connectivity index (χ4n) is 0.890. The predicted octanol–water partition coefficient (Wildman–Crippen LogP) is 0.475. The summed E-state index contributed by atoms with van der Waals surface area (Å²) < 4.78 is 0. The van der Waals surface area contributed by atoms with Crippen molar-refractivity contribution in [2.45, 2.75) is 0 Å². The second-order valence-corrected chi connectivity index (χ2v) is 2.54. The highest BCUT2D eigenvalue weighted by Crippen LogP contribution is 2.26. The van der Waals surface area contributed by atoms with Gasteiger partial charge in [0.2, 0.25) is 0 Å². The summed E-state index contributed by atoms with van der Waals surface area (Å²) in [6.45, 7) is 0.977. The maximum absolute atomic E-state index is 9.32. The van der Waals surface area contributed by atoms with Crippen molar-refractivity contribution in [3.63, 3.8) is 0 Å². The second kappa shape index (κ2) is 4.47. The number of aromatic hydroxyl groups is 2. The number of hydrogen-bond acceptors (Lipinski definition) is 4. The van der Waals surface area contributed by atoms with Crippen LogP contribution in [0.4, 0.5) is 0 Å². The molecule has 1 aromatic carbocycles. The third-order valence-corrected chi connectivity index (χ3v) is 1.53. The van der Waals surface area contributed by atoms with E-state index in [9.17, 15) is 5.11 Å². The number of hydrogen-bond donors (Lipinski definition) is 3. The molecular formula is C9H12N2O2. The van der Waals surface area contributed by atoms with E-state index >= 15 is 0 Å². The highest BCUT2D eigenvalue weighted by atomic mass is 16.3. The molecule has 1 aromatic rings. The van der Waals surface area contributed by atoms with Crippen molar-refractivity contribution in [3.8, 4) is 11.5 Å². The molecule has 0 heterocycles. The Hall–Kier alpha value is -1.55. The lowest BCUT2D eigenvalue weighted by Crippen LogP contribution is -2.02. The molecule has 0 amide bonds. The fraction of sp³-hybridized carbons (Fsp3) is 0.222. The molecule has 4 N–H and O–H groups in total. The Morgan fingerprint density at radius 2 is 2.15 bits per heavy atom. The zero-order valence-electron chi connectivity index (χ0n) is 7.14.